The van der Waals surface area contributed by atoms with Crippen LogP contribution in [-0.2, 0) is 0 Å². The summed E-state index contributed by atoms with van der Waals surface area (Å²) in [5.41, 5.74) is 0. The molecule has 0 saturated heterocycles. The van der Waals surface area contributed by atoms with Crippen molar-refractivity contribution in [3.63, 3.8) is 0 Å². The van der Waals surface area contributed by atoms with Crippen LogP contribution in [0.15, 0.2) is 0 Å². The first-order valence-corrected chi connectivity index (χ1v) is 7.90. The van der Waals surface area contributed by atoms with Gasteiger partial charge in [0.25, 0.3) is 0 Å². The molecule has 2 aliphatic carbocycles. The molecule has 2 nitrogen and oxygen atoms in total. The van der Waals surface area contributed by atoms with Crippen molar-refractivity contribution < 1.29 is 5.11 Å². The zero-order valence-corrected chi connectivity index (χ0v) is 11.1. The van der Waals surface area contributed by atoms with Crippen LogP contribution < -0.4 is 5.32 Å². The third-order valence-electron chi connectivity index (χ3n) is 3.97. The van der Waals surface area contributed by atoms with Gasteiger partial charge in [0.15, 0.2) is 0 Å². The fraction of sp³-hybridized carbons (Fsp3) is 1.00. The minimum absolute atomic E-state index is 0.0911. The molecule has 2 saturated carbocycles. The smallest absolute Gasteiger partial charge is 0.0693 e. The normalized spacial score (nSPS) is 40.1. The van der Waals surface area contributed by atoms with E-state index in [0.29, 0.717) is 12.1 Å². The van der Waals surface area contributed by atoms with Gasteiger partial charge in [-0.3, -0.25) is 0 Å². The Hall–Kier alpha value is 0.270. The highest BCUT2D eigenvalue weighted by Gasteiger charge is 2.29. The van der Waals surface area contributed by atoms with Crippen molar-refractivity contribution in [2.45, 2.75) is 75.3 Å². The maximum atomic E-state index is 9.93. The van der Waals surface area contributed by atoms with E-state index < -0.39 is 0 Å². The Morgan fingerprint density at radius 3 is 2.75 bits per heavy atom. The van der Waals surface area contributed by atoms with Crippen molar-refractivity contribution in [1.29, 1.82) is 0 Å². The second-order valence-electron chi connectivity index (χ2n) is 5.21. The van der Waals surface area contributed by atoms with Gasteiger partial charge in [0, 0.05) is 17.3 Å². The highest BCUT2D eigenvalue weighted by atomic mass is 32.2. The van der Waals surface area contributed by atoms with Crippen LogP contribution in [0.1, 0.15) is 51.9 Å². The van der Waals surface area contributed by atoms with E-state index in [2.05, 4.69) is 24.0 Å². The molecule has 2 unspecified atom stereocenters. The van der Waals surface area contributed by atoms with Crippen molar-refractivity contribution in [3.05, 3.63) is 0 Å². The van der Waals surface area contributed by atoms with Gasteiger partial charge in [0.1, 0.15) is 0 Å². The van der Waals surface area contributed by atoms with Gasteiger partial charge in [0.05, 0.1) is 6.10 Å². The molecule has 4 atom stereocenters. The summed E-state index contributed by atoms with van der Waals surface area (Å²) in [6.45, 7) is 2.25. The van der Waals surface area contributed by atoms with E-state index in [0.717, 1.165) is 11.7 Å². The first-order valence-electron chi connectivity index (χ1n) is 6.85. The summed E-state index contributed by atoms with van der Waals surface area (Å²) in [5, 5.41) is 14.5. The Morgan fingerprint density at radius 2 is 2.00 bits per heavy atom. The van der Waals surface area contributed by atoms with E-state index in [1.807, 2.05) is 0 Å². The van der Waals surface area contributed by atoms with E-state index in [1.54, 1.807) is 0 Å². The minimum atomic E-state index is -0.0911. The first-order chi connectivity index (χ1) is 7.79. The molecule has 0 aliphatic heterocycles. The average molecular weight is 243 g/mol. The minimum Gasteiger partial charge on any atom is -0.392 e. The summed E-state index contributed by atoms with van der Waals surface area (Å²) in [7, 11) is 0. The lowest BCUT2D eigenvalue weighted by molar-refractivity contribution is 0.0852. The molecule has 2 rings (SSSR count). The molecule has 94 valence electrons. The number of aliphatic hydroxyl groups is 1. The van der Waals surface area contributed by atoms with Crippen LogP contribution in [-0.4, -0.2) is 34.3 Å². The molecular formula is C13H25NOS. The summed E-state index contributed by atoms with van der Waals surface area (Å²) < 4.78 is 0. The van der Waals surface area contributed by atoms with Crippen LogP contribution in [0.25, 0.3) is 0 Å². The summed E-state index contributed by atoms with van der Waals surface area (Å²) >= 11 is 2.10. The predicted molar refractivity (Wildman–Crippen MR) is 71.0 cm³/mol. The fourth-order valence-corrected chi connectivity index (χ4v) is 4.23. The van der Waals surface area contributed by atoms with Gasteiger partial charge in [-0.2, -0.15) is 11.8 Å². The third-order valence-corrected chi connectivity index (χ3v) is 5.20. The Bertz CT molecular complexity index is 212. The topological polar surface area (TPSA) is 32.3 Å². The molecule has 0 bridgehead atoms. The number of hydrogen-bond acceptors (Lipinski definition) is 3. The van der Waals surface area contributed by atoms with Gasteiger partial charge in [-0.15, -0.1) is 0 Å². The summed E-state index contributed by atoms with van der Waals surface area (Å²) in [4.78, 5) is 0. The van der Waals surface area contributed by atoms with E-state index >= 15 is 0 Å². The highest BCUT2D eigenvalue weighted by Crippen LogP contribution is 2.31. The summed E-state index contributed by atoms with van der Waals surface area (Å²) in [5.74, 6) is 1.24. The third kappa shape index (κ3) is 3.38. The second-order valence-corrected chi connectivity index (χ2v) is 6.79. The first kappa shape index (κ1) is 12.7. The standard InChI is InChI=1S/C13H25NOS/c1-2-16-11-8-7-10(9-11)14-12-5-3-4-6-13(12)15/h10-15H,2-9H2,1H3/t10?,11?,12-,13-/m0/s1. The van der Waals surface area contributed by atoms with Crippen molar-refractivity contribution in [1.82, 2.24) is 5.32 Å². The monoisotopic (exact) mass is 243 g/mol. The van der Waals surface area contributed by atoms with Gasteiger partial charge < -0.3 is 10.4 Å². The lowest BCUT2D eigenvalue weighted by Gasteiger charge is -2.31. The summed E-state index contributed by atoms with van der Waals surface area (Å²) in [6, 6.07) is 1.05. The molecule has 0 aromatic carbocycles. The van der Waals surface area contributed by atoms with E-state index in [-0.39, 0.29) is 6.10 Å². The second kappa shape index (κ2) is 6.27. The van der Waals surface area contributed by atoms with Crippen molar-refractivity contribution >= 4 is 11.8 Å². The fourth-order valence-electron chi connectivity index (χ4n) is 3.09. The lowest BCUT2D eigenvalue weighted by atomic mass is 9.92. The molecule has 3 heteroatoms. The number of aliphatic hydroxyl groups excluding tert-OH is 1. The Morgan fingerprint density at radius 1 is 1.19 bits per heavy atom. The molecule has 16 heavy (non-hydrogen) atoms. The number of rotatable bonds is 4. The Kier molecular flexibility index (Phi) is 4.98. The molecule has 0 amide bonds. The van der Waals surface area contributed by atoms with Crippen LogP contribution in [0.2, 0.25) is 0 Å². The molecule has 0 heterocycles. The highest BCUT2D eigenvalue weighted by molar-refractivity contribution is 7.99. The van der Waals surface area contributed by atoms with Crippen molar-refractivity contribution in [2.75, 3.05) is 5.75 Å². The number of hydrogen-bond donors (Lipinski definition) is 2. The van der Waals surface area contributed by atoms with Crippen LogP contribution in [0, 0.1) is 0 Å². The summed E-state index contributed by atoms with van der Waals surface area (Å²) in [6.07, 6.45) is 8.54. The predicted octanol–water partition coefficient (Wildman–Crippen LogP) is 2.55. The SMILES string of the molecule is CCSC1CCC(N[C@H]2CCCC[C@@H]2O)C1. The largest absolute Gasteiger partial charge is 0.392 e. The maximum Gasteiger partial charge on any atom is 0.0693 e. The molecule has 2 fully saturated rings. The maximum absolute atomic E-state index is 9.93. The molecule has 0 spiro atoms. The van der Waals surface area contributed by atoms with Crippen molar-refractivity contribution in [2.24, 2.45) is 0 Å². The molecule has 2 aliphatic rings. The van der Waals surface area contributed by atoms with E-state index in [4.69, 9.17) is 0 Å². The molecular weight excluding hydrogens is 218 g/mol. The number of nitrogens with one attached hydrogen (secondary N) is 1. The molecule has 2 N–H and O–H groups in total. The zero-order chi connectivity index (χ0) is 11.4. The quantitative estimate of drug-likeness (QED) is 0.796. The molecule has 0 aromatic rings. The van der Waals surface area contributed by atoms with Crippen LogP contribution >= 0.6 is 11.8 Å². The zero-order valence-electron chi connectivity index (χ0n) is 10.3. The van der Waals surface area contributed by atoms with E-state index in [9.17, 15) is 5.11 Å². The van der Waals surface area contributed by atoms with Gasteiger partial charge in [0.2, 0.25) is 0 Å². The van der Waals surface area contributed by atoms with Gasteiger partial charge in [-0.25, -0.2) is 0 Å². The van der Waals surface area contributed by atoms with Gasteiger partial charge in [-0.1, -0.05) is 19.8 Å². The Labute approximate surface area is 104 Å². The van der Waals surface area contributed by atoms with Crippen LogP contribution in [0.3, 0.4) is 0 Å². The van der Waals surface area contributed by atoms with Gasteiger partial charge in [-0.05, 0) is 37.9 Å². The number of thioether (sulfide) groups is 1. The van der Waals surface area contributed by atoms with E-state index in [1.165, 1.54) is 44.3 Å². The van der Waals surface area contributed by atoms with Crippen molar-refractivity contribution in [3.8, 4) is 0 Å². The van der Waals surface area contributed by atoms with Gasteiger partial charge >= 0.3 is 0 Å². The van der Waals surface area contributed by atoms with Crippen LogP contribution in [0.4, 0.5) is 0 Å². The Balaban J connectivity index is 1.73. The molecule has 0 radical (unpaired) electrons. The molecule has 0 aromatic heterocycles. The van der Waals surface area contributed by atoms with Crippen LogP contribution in [0.5, 0.6) is 0 Å². The lowest BCUT2D eigenvalue weighted by Crippen LogP contribution is -2.46. The average Bonchev–Trinajstić information content (AvgIpc) is 2.70.